The van der Waals surface area contributed by atoms with E-state index in [1.54, 1.807) is 0 Å². The molecule has 23 heteroatoms. The number of nitrogens with zero attached hydrogens (tertiary/aromatic N) is 8. The van der Waals surface area contributed by atoms with Gasteiger partial charge in [-0.15, -0.1) is 9.05 Å². The van der Waals surface area contributed by atoms with Crippen LogP contribution in [0.2, 0.25) is 0 Å². The van der Waals surface area contributed by atoms with Gasteiger partial charge in [0.2, 0.25) is 0 Å². The summed E-state index contributed by atoms with van der Waals surface area (Å²) in [6.45, 7) is -1.15. The number of fused-ring (bicyclic) bond motifs is 5. The summed E-state index contributed by atoms with van der Waals surface area (Å²) in [5.74, 6) is 0.155. The molecule has 44 heavy (non-hydrogen) atoms. The van der Waals surface area contributed by atoms with Gasteiger partial charge in [0.1, 0.15) is 54.7 Å². The summed E-state index contributed by atoms with van der Waals surface area (Å²) in [4.78, 5) is 24.3. The van der Waals surface area contributed by atoms with Crippen molar-refractivity contribution < 1.29 is 50.7 Å². The molecule has 0 aliphatic carbocycles. The van der Waals surface area contributed by atoms with Crippen LogP contribution in [0.3, 0.4) is 0 Å². The molecule has 5 N–H and O–H groups in total. The van der Waals surface area contributed by atoms with Crippen LogP contribution in [0.15, 0.2) is 25.3 Å². The van der Waals surface area contributed by atoms with Crippen LogP contribution in [-0.4, -0.2) is 101 Å². The van der Waals surface area contributed by atoms with E-state index in [1.807, 2.05) is 0 Å². The Labute approximate surface area is 246 Å². The van der Waals surface area contributed by atoms with Crippen LogP contribution >= 0.6 is 16.1 Å². The fraction of sp³-hybridized carbons (Fsp3) is 0.524. The Hall–Kier alpha value is -3.36. The van der Waals surface area contributed by atoms with E-state index in [-0.39, 0.29) is 34.0 Å². The van der Waals surface area contributed by atoms with E-state index in [2.05, 4.69) is 29.9 Å². The maximum atomic E-state index is 16.0. The van der Waals surface area contributed by atoms with Gasteiger partial charge in [0, 0.05) is 11.7 Å². The van der Waals surface area contributed by atoms with Crippen LogP contribution in [-0.2, 0) is 41.2 Å². The molecule has 0 amide bonds. The zero-order valence-electron chi connectivity index (χ0n) is 22.5. The molecule has 3 aliphatic rings. The highest BCUT2D eigenvalue weighted by molar-refractivity contribution is 7.48. The van der Waals surface area contributed by atoms with Gasteiger partial charge in [0.15, 0.2) is 47.7 Å². The number of hydrogen-bond acceptors (Lipinski definition) is 18. The summed E-state index contributed by atoms with van der Waals surface area (Å²) in [5, 5.41) is 11.1. The number of alkyl halides is 1. The molecule has 20 nitrogen and oxygen atoms in total. The number of ether oxygens (including phenoxy) is 2. The predicted octanol–water partition coefficient (Wildman–Crippen LogP) is 0.553. The van der Waals surface area contributed by atoms with Crippen molar-refractivity contribution >= 4 is 50.0 Å². The number of rotatable bonds is 3. The van der Waals surface area contributed by atoms with Gasteiger partial charge >= 0.3 is 16.1 Å². The molecule has 0 saturated carbocycles. The molecule has 6 unspecified atom stereocenters. The first-order valence-corrected chi connectivity index (χ1v) is 15.5. The van der Waals surface area contributed by atoms with Crippen molar-refractivity contribution in [1.29, 1.82) is 0 Å². The number of halogens is 1. The van der Waals surface area contributed by atoms with Crippen LogP contribution in [0.1, 0.15) is 12.5 Å². The highest BCUT2D eigenvalue weighted by Crippen LogP contribution is 2.54. The number of phosphoric acid groups is 1. The first-order valence-electron chi connectivity index (χ1n) is 12.9. The van der Waals surface area contributed by atoms with E-state index in [4.69, 9.17) is 43.6 Å². The highest BCUT2D eigenvalue weighted by Gasteiger charge is 2.55. The number of aliphatic hydroxyl groups excluding tert-OH is 1. The van der Waals surface area contributed by atoms with Gasteiger partial charge in [-0.1, -0.05) is 0 Å². The van der Waals surface area contributed by atoms with E-state index >= 15 is 4.39 Å². The van der Waals surface area contributed by atoms with E-state index in [0.29, 0.717) is 0 Å². The maximum Gasteiger partial charge on any atom is 0.698 e. The second-order valence-electron chi connectivity index (χ2n) is 9.82. The van der Waals surface area contributed by atoms with Crippen molar-refractivity contribution in [3.63, 3.8) is 0 Å². The molecule has 0 aromatic carbocycles. The molecule has 0 spiro atoms. The SMILES string of the molecule is COP1(=O)OC[C@H]2OC(n3cnc4c(N)ncnc43)C(O[P+](=O)OCC3O[C@@H](n4cnc5c(N)ncnc54)[C@@H](F)[C@H]3O1)C2O. The van der Waals surface area contributed by atoms with Gasteiger partial charge < -0.3 is 26.0 Å². The summed E-state index contributed by atoms with van der Waals surface area (Å²) < 4.78 is 84.2. The normalized spacial score (nSPS) is 35.8. The number of aliphatic hydroxyl groups is 1. The van der Waals surface area contributed by atoms with Crippen LogP contribution in [0.25, 0.3) is 22.3 Å². The minimum atomic E-state index is -4.53. The Kier molecular flexibility index (Phi) is 7.48. The second-order valence-corrected chi connectivity index (χ2v) is 12.5. The largest absolute Gasteiger partial charge is 0.698 e. The smallest absolute Gasteiger partial charge is 0.387 e. The quantitative estimate of drug-likeness (QED) is 0.254. The van der Waals surface area contributed by atoms with Crippen LogP contribution in [0.4, 0.5) is 16.0 Å². The molecule has 4 aromatic heterocycles. The lowest BCUT2D eigenvalue weighted by molar-refractivity contribution is -0.0625. The molecule has 10 atom stereocenters. The third-order valence-corrected chi connectivity index (χ3v) is 9.52. The second kappa shape index (κ2) is 11.2. The van der Waals surface area contributed by atoms with Crippen LogP contribution in [0.5, 0.6) is 0 Å². The summed E-state index contributed by atoms with van der Waals surface area (Å²) in [5.41, 5.74) is 12.6. The molecule has 234 valence electrons. The predicted molar refractivity (Wildman–Crippen MR) is 142 cm³/mol. The van der Waals surface area contributed by atoms with Crippen LogP contribution < -0.4 is 11.5 Å². The Balaban J connectivity index is 1.19. The summed E-state index contributed by atoms with van der Waals surface area (Å²) in [6, 6.07) is 0. The van der Waals surface area contributed by atoms with E-state index in [9.17, 15) is 14.2 Å². The Bertz CT molecular complexity index is 1780. The molecule has 7 heterocycles. The van der Waals surface area contributed by atoms with E-state index < -0.39 is 78.4 Å². The van der Waals surface area contributed by atoms with Gasteiger partial charge in [0.05, 0.1) is 19.3 Å². The lowest BCUT2D eigenvalue weighted by Gasteiger charge is -2.24. The third kappa shape index (κ3) is 4.91. The number of nitrogens with two attached hydrogens (primary N) is 2. The first kappa shape index (κ1) is 29.4. The van der Waals surface area contributed by atoms with Gasteiger partial charge in [-0.2, -0.15) is 0 Å². The fourth-order valence-electron chi connectivity index (χ4n) is 5.19. The van der Waals surface area contributed by atoms with Crippen molar-refractivity contribution in [3.8, 4) is 0 Å². The zero-order chi connectivity index (χ0) is 30.7. The number of hydrogen-bond donors (Lipinski definition) is 3. The van der Waals surface area contributed by atoms with Gasteiger partial charge in [-0.3, -0.25) is 22.7 Å². The third-order valence-electron chi connectivity index (χ3n) is 7.33. The molecule has 3 aliphatic heterocycles. The molecule has 4 aromatic rings. The monoisotopic (exact) mass is 657 g/mol. The minimum absolute atomic E-state index is 0.0627. The molecular formula is C21H24FN10O10P2+. The van der Waals surface area contributed by atoms with Crippen molar-refractivity contribution in [2.75, 3.05) is 31.8 Å². The number of imidazole rings is 2. The molecule has 7 rings (SSSR count). The lowest BCUT2D eigenvalue weighted by atomic mass is 10.1. The number of phosphoric ester groups is 1. The Morgan fingerprint density at radius 1 is 0.955 bits per heavy atom. The number of anilines is 2. The summed E-state index contributed by atoms with van der Waals surface area (Å²) in [6.07, 6.45) is -6.66. The average molecular weight is 657 g/mol. The highest BCUT2D eigenvalue weighted by atomic mass is 31.2. The molecular weight excluding hydrogens is 633 g/mol. The van der Waals surface area contributed by atoms with Crippen molar-refractivity contribution in [2.24, 2.45) is 0 Å². The van der Waals surface area contributed by atoms with Crippen LogP contribution in [0, 0.1) is 0 Å². The Morgan fingerprint density at radius 3 is 2.20 bits per heavy atom. The molecule has 2 bridgehead atoms. The van der Waals surface area contributed by atoms with Crippen molar-refractivity contribution in [2.45, 2.75) is 49.1 Å². The maximum absolute atomic E-state index is 16.0. The zero-order valence-corrected chi connectivity index (χ0v) is 24.3. The lowest BCUT2D eigenvalue weighted by Crippen LogP contribution is -2.35. The minimum Gasteiger partial charge on any atom is -0.387 e. The Morgan fingerprint density at radius 2 is 1.57 bits per heavy atom. The summed E-state index contributed by atoms with van der Waals surface area (Å²) in [7, 11) is -6.48. The fourth-order valence-corrected chi connectivity index (χ4v) is 7.08. The first-order chi connectivity index (χ1) is 21.2. The molecule has 0 radical (unpaired) electrons. The average Bonchev–Trinajstić information content (AvgIpc) is 3.77. The summed E-state index contributed by atoms with van der Waals surface area (Å²) >= 11 is 0. The standard InChI is InChI=1S/C21H24FN10O10P2/c1-36-44(35)38-3-8-13(33)15(21(39-8)32-7-30-12-17(24)26-5-28-19(12)32)41-43(34)37-2-9-14(42-44)10(22)20(40-9)31-6-29-11-16(23)25-4-27-18(11)31/h4-10,13-15,20-21,33H,2-3H2,1H3,(H2,23,25,27)(H2,24,26,28)/q+1/t8-,9?,10+,13?,14+,15?,20-,21?,44?/m1/s1. The van der Waals surface area contributed by atoms with Gasteiger partial charge in [-0.25, -0.2) is 38.9 Å². The van der Waals surface area contributed by atoms with Gasteiger partial charge in [0.25, 0.3) is 0 Å². The van der Waals surface area contributed by atoms with Gasteiger partial charge in [-0.05, 0) is 0 Å². The molecule has 3 fully saturated rings. The van der Waals surface area contributed by atoms with Crippen molar-refractivity contribution in [1.82, 2.24) is 39.0 Å². The van der Waals surface area contributed by atoms with E-state index in [0.717, 1.165) is 7.11 Å². The van der Waals surface area contributed by atoms with E-state index in [1.165, 1.54) is 34.4 Å². The number of aromatic nitrogens is 8. The topological polar surface area (TPSA) is 258 Å². The van der Waals surface area contributed by atoms with Crippen molar-refractivity contribution in [3.05, 3.63) is 25.3 Å². The molecule has 3 saturated heterocycles. The number of nitrogen functional groups attached to an aromatic ring is 2.